The highest BCUT2D eigenvalue weighted by Gasteiger charge is 2.18. The van der Waals surface area contributed by atoms with Gasteiger partial charge in [-0.15, -0.1) is 0 Å². The van der Waals surface area contributed by atoms with Crippen LogP contribution in [0.1, 0.15) is 44.6 Å². The van der Waals surface area contributed by atoms with Crippen LogP contribution >= 0.6 is 0 Å². The van der Waals surface area contributed by atoms with Crippen molar-refractivity contribution in [3.05, 3.63) is 35.9 Å². The van der Waals surface area contributed by atoms with Crippen molar-refractivity contribution in [1.29, 1.82) is 0 Å². The van der Waals surface area contributed by atoms with Crippen molar-refractivity contribution in [2.24, 2.45) is 5.92 Å². The van der Waals surface area contributed by atoms with Gasteiger partial charge in [0.05, 0.1) is 6.54 Å². The highest BCUT2D eigenvalue weighted by atomic mass is 14.9. The van der Waals surface area contributed by atoms with Crippen molar-refractivity contribution >= 4 is 0 Å². The van der Waals surface area contributed by atoms with Gasteiger partial charge < -0.3 is 5.32 Å². The maximum atomic E-state index is 3.61. The molecule has 2 atom stereocenters. The Morgan fingerprint density at radius 2 is 1.89 bits per heavy atom. The quantitative estimate of drug-likeness (QED) is 0.616. The summed E-state index contributed by atoms with van der Waals surface area (Å²) in [6.45, 7) is 3.18. The molecule has 96 valence electrons. The van der Waals surface area contributed by atoms with Gasteiger partial charge in [-0.25, -0.2) is 0 Å². The minimum atomic E-state index is 0.664. The molecular formula is C17H23N. The fourth-order valence-electron chi connectivity index (χ4n) is 2.65. The standard InChI is InChI=1S/C17H23N/c1-15-9-4-2-7-13-17(15)18-14-8-12-16-10-5-3-6-11-16/h3,5-6,10-11,15,17-18H,2,4,7,9,13-14H2,1H3. The van der Waals surface area contributed by atoms with Gasteiger partial charge >= 0.3 is 0 Å². The average molecular weight is 241 g/mol. The summed E-state index contributed by atoms with van der Waals surface area (Å²) in [7, 11) is 0. The summed E-state index contributed by atoms with van der Waals surface area (Å²) < 4.78 is 0. The molecule has 0 bridgehead atoms. The SMILES string of the molecule is CC1CCCCCC1NCC#Cc1ccccc1. The highest BCUT2D eigenvalue weighted by Crippen LogP contribution is 2.22. The molecule has 0 saturated heterocycles. The lowest BCUT2D eigenvalue weighted by Crippen LogP contribution is -2.34. The van der Waals surface area contributed by atoms with Crippen LogP contribution in [0.5, 0.6) is 0 Å². The van der Waals surface area contributed by atoms with Crippen LogP contribution in [0.2, 0.25) is 0 Å². The van der Waals surface area contributed by atoms with E-state index in [0.29, 0.717) is 6.04 Å². The Kier molecular flexibility index (Phi) is 5.30. The second-order valence-corrected chi connectivity index (χ2v) is 5.27. The summed E-state index contributed by atoms with van der Waals surface area (Å²) in [4.78, 5) is 0. The van der Waals surface area contributed by atoms with E-state index < -0.39 is 0 Å². The Morgan fingerprint density at radius 3 is 2.72 bits per heavy atom. The van der Waals surface area contributed by atoms with Gasteiger partial charge in [-0.05, 0) is 30.9 Å². The molecule has 1 saturated carbocycles. The molecule has 0 aliphatic heterocycles. The Balaban J connectivity index is 1.79. The van der Waals surface area contributed by atoms with Gasteiger partial charge in [0.1, 0.15) is 0 Å². The topological polar surface area (TPSA) is 12.0 Å². The molecule has 1 fully saturated rings. The van der Waals surface area contributed by atoms with E-state index in [-0.39, 0.29) is 0 Å². The Hall–Kier alpha value is -1.26. The second-order valence-electron chi connectivity index (χ2n) is 5.27. The maximum absolute atomic E-state index is 3.61. The first-order valence-electron chi connectivity index (χ1n) is 7.13. The lowest BCUT2D eigenvalue weighted by molar-refractivity contribution is 0.371. The fraction of sp³-hybridized carbons (Fsp3) is 0.529. The minimum absolute atomic E-state index is 0.664. The molecule has 1 aromatic carbocycles. The maximum Gasteiger partial charge on any atom is 0.0582 e. The van der Waals surface area contributed by atoms with Crippen molar-refractivity contribution in [1.82, 2.24) is 5.32 Å². The molecule has 1 nitrogen and oxygen atoms in total. The summed E-state index contributed by atoms with van der Waals surface area (Å²) in [6.07, 6.45) is 6.85. The third-order valence-electron chi connectivity index (χ3n) is 3.82. The van der Waals surface area contributed by atoms with Crippen molar-refractivity contribution in [2.45, 2.75) is 45.1 Å². The number of rotatable bonds is 2. The van der Waals surface area contributed by atoms with E-state index >= 15 is 0 Å². The van der Waals surface area contributed by atoms with Gasteiger partial charge in [-0.2, -0.15) is 0 Å². The van der Waals surface area contributed by atoms with Crippen LogP contribution in [0, 0.1) is 17.8 Å². The molecule has 2 unspecified atom stereocenters. The van der Waals surface area contributed by atoms with E-state index in [2.05, 4.69) is 36.2 Å². The molecule has 0 radical (unpaired) electrons. The third-order valence-corrected chi connectivity index (χ3v) is 3.82. The van der Waals surface area contributed by atoms with Crippen molar-refractivity contribution in [2.75, 3.05) is 6.54 Å². The van der Waals surface area contributed by atoms with E-state index in [1.54, 1.807) is 0 Å². The van der Waals surface area contributed by atoms with E-state index in [4.69, 9.17) is 0 Å². The van der Waals surface area contributed by atoms with Gasteiger partial charge in [0.2, 0.25) is 0 Å². The molecule has 1 aromatic rings. The van der Waals surface area contributed by atoms with Gasteiger partial charge in [0.15, 0.2) is 0 Å². The molecule has 0 heterocycles. The summed E-state index contributed by atoms with van der Waals surface area (Å²) in [5.41, 5.74) is 1.10. The normalized spacial score (nSPS) is 23.8. The monoisotopic (exact) mass is 241 g/mol. The first-order valence-corrected chi connectivity index (χ1v) is 7.13. The number of hydrogen-bond acceptors (Lipinski definition) is 1. The lowest BCUT2D eigenvalue weighted by atomic mass is 9.97. The molecule has 2 rings (SSSR count). The molecule has 0 amide bonds. The first-order chi connectivity index (χ1) is 8.86. The van der Waals surface area contributed by atoms with Crippen LogP contribution in [0.3, 0.4) is 0 Å². The molecule has 0 aromatic heterocycles. The molecule has 1 aliphatic carbocycles. The molecule has 1 N–H and O–H groups in total. The van der Waals surface area contributed by atoms with E-state index in [1.807, 2.05) is 18.2 Å². The Bertz CT molecular complexity index is 399. The first kappa shape index (κ1) is 13.2. The van der Waals surface area contributed by atoms with Gasteiger partial charge in [-0.1, -0.05) is 56.2 Å². The predicted molar refractivity (Wildman–Crippen MR) is 77.4 cm³/mol. The zero-order valence-electron chi connectivity index (χ0n) is 11.3. The van der Waals surface area contributed by atoms with Gasteiger partial charge in [0.25, 0.3) is 0 Å². The highest BCUT2D eigenvalue weighted by molar-refractivity contribution is 5.33. The Labute approximate surface area is 111 Å². The van der Waals surface area contributed by atoms with Crippen molar-refractivity contribution < 1.29 is 0 Å². The van der Waals surface area contributed by atoms with E-state index in [9.17, 15) is 0 Å². The van der Waals surface area contributed by atoms with Crippen molar-refractivity contribution in [3.8, 4) is 11.8 Å². The van der Waals surface area contributed by atoms with E-state index in [0.717, 1.165) is 18.0 Å². The molecule has 0 spiro atoms. The van der Waals surface area contributed by atoms with Crippen LogP contribution in [0.4, 0.5) is 0 Å². The Morgan fingerprint density at radius 1 is 1.11 bits per heavy atom. The average Bonchev–Trinajstić information content (AvgIpc) is 2.61. The summed E-state index contributed by atoms with van der Waals surface area (Å²) in [5, 5.41) is 3.61. The zero-order valence-corrected chi connectivity index (χ0v) is 11.3. The largest absolute Gasteiger partial charge is 0.303 e. The number of hydrogen-bond donors (Lipinski definition) is 1. The minimum Gasteiger partial charge on any atom is -0.303 e. The van der Waals surface area contributed by atoms with Crippen LogP contribution in [0.25, 0.3) is 0 Å². The fourth-order valence-corrected chi connectivity index (χ4v) is 2.65. The van der Waals surface area contributed by atoms with E-state index in [1.165, 1.54) is 32.1 Å². The predicted octanol–water partition coefficient (Wildman–Crippen LogP) is 3.60. The number of nitrogens with one attached hydrogen (secondary N) is 1. The summed E-state index contributed by atoms with van der Waals surface area (Å²) in [5.74, 6) is 7.23. The second kappa shape index (κ2) is 7.24. The van der Waals surface area contributed by atoms with Crippen LogP contribution in [-0.2, 0) is 0 Å². The van der Waals surface area contributed by atoms with Crippen LogP contribution in [-0.4, -0.2) is 12.6 Å². The third kappa shape index (κ3) is 4.20. The van der Waals surface area contributed by atoms with Gasteiger partial charge in [0, 0.05) is 11.6 Å². The van der Waals surface area contributed by atoms with Crippen LogP contribution < -0.4 is 5.32 Å². The lowest BCUT2D eigenvalue weighted by Gasteiger charge is -2.21. The summed E-state index contributed by atoms with van der Waals surface area (Å²) in [6, 6.07) is 10.9. The molecule has 1 aliphatic rings. The molecular weight excluding hydrogens is 218 g/mol. The molecule has 1 heteroatoms. The smallest absolute Gasteiger partial charge is 0.0582 e. The zero-order chi connectivity index (χ0) is 12.6. The van der Waals surface area contributed by atoms with Gasteiger partial charge in [-0.3, -0.25) is 0 Å². The van der Waals surface area contributed by atoms with Crippen LogP contribution in [0.15, 0.2) is 30.3 Å². The number of benzene rings is 1. The molecule has 18 heavy (non-hydrogen) atoms. The van der Waals surface area contributed by atoms with Crippen molar-refractivity contribution in [3.63, 3.8) is 0 Å². The summed E-state index contributed by atoms with van der Waals surface area (Å²) >= 11 is 0.